The molecule has 0 amide bonds. The molecule has 4 bridgehead atoms. The maximum Gasteiger partial charge on any atom is 0.107 e. The second kappa shape index (κ2) is 12.1. The number of benzene rings is 9. The van der Waals surface area contributed by atoms with Gasteiger partial charge >= 0.3 is 0 Å². The molecule has 278 valence electrons. The van der Waals surface area contributed by atoms with E-state index in [1.54, 1.807) is 0 Å². The van der Waals surface area contributed by atoms with Gasteiger partial charge < -0.3 is 0 Å². The summed E-state index contributed by atoms with van der Waals surface area (Å²) in [5.41, 5.74) is 19.4. The molecule has 9 aromatic rings. The minimum Gasteiger partial charge on any atom is -0.0764 e. The van der Waals surface area contributed by atoms with Gasteiger partial charge in [0.1, 0.15) is 10.8 Å². The average molecular weight is 759 g/mol. The van der Waals surface area contributed by atoms with Crippen molar-refractivity contribution in [2.45, 2.75) is 36.5 Å². The van der Waals surface area contributed by atoms with Crippen molar-refractivity contribution in [1.82, 2.24) is 0 Å². The van der Waals surface area contributed by atoms with Crippen molar-refractivity contribution in [3.05, 3.63) is 271 Å². The fourth-order valence-corrected chi connectivity index (χ4v) is 11.7. The van der Waals surface area contributed by atoms with E-state index in [4.69, 9.17) is 0 Å². The van der Waals surface area contributed by atoms with Gasteiger partial charge in [-0.05, 0) is 126 Å². The van der Waals surface area contributed by atoms with Crippen LogP contribution in [-0.2, 0) is 10.8 Å². The molecule has 6 aliphatic rings. The Labute approximate surface area is 351 Å². The van der Waals surface area contributed by atoms with Gasteiger partial charge in [0.25, 0.3) is 0 Å². The lowest BCUT2D eigenvalue weighted by molar-refractivity contribution is 0.665. The molecule has 0 aromatic heterocycles. The summed E-state index contributed by atoms with van der Waals surface area (Å²) in [5.74, 6) is 16.2. The second-order valence-corrected chi connectivity index (χ2v) is 17.3. The van der Waals surface area contributed by atoms with Crippen LogP contribution in [0.3, 0.4) is 0 Å². The third kappa shape index (κ3) is 4.28. The van der Waals surface area contributed by atoms with Gasteiger partial charge in [0.05, 0.1) is 0 Å². The zero-order chi connectivity index (χ0) is 39.7. The Morgan fingerprint density at radius 3 is 1.10 bits per heavy atom. The molecular weight excluding hydrogens is 721 g/mol. The SMILES string of the molecule is Cc1ccc2c(c1)C1(C#Cc3cccc4cc5cccc(C#CC67c8ccccc8C(c8ccccc86)c6ccc(C)cc67)c5cc34)c3ccccc3C2c2ccccc21. The highest BCUT2D eigenvalue weighted by Crippen LogP contribution is 2.60. The minimum absolute atomic E-state index is 0.211. The van der Waals surface area contributed by atoms with Gasteiger partial charge in [-0.1, -0.05) is 193 Å². The first kappa shape index (κ1) is 33.6. The maximum atomic E-state index is 4.03. The van der Waals surface area contributed by atoms with Gasteiger partial charge in [0.2, 0.25) is 0 Å². The Balaban J connectivity index is 1.03. The Kier molecular flexibility index (Phi) is 6.76. The zero-order valence-corrected chi connectivity index (χ0v) is 33.5. The van der Waals surface area contributed by atoms with Crippen molar-refractivity contribution in [2.24, 2.45) is 0 Å². The highest BCUT2D eigenvalue weighted by molar-refractivity contribution is 6.03. The third-order valence-corrected chi connectivity index (χ3v) is 14.2. The molecule has 0 spiro atoms. The average Bonchev–Trinajstić information content (AvgIpc) is 3.29. The van der Waals surface area contributed by atoms with Crippen molar-refractivity contribution < 1.29 is 0 Å². The summed E-state index contributed by atoms with van der Waals surface area (Å²) in [7, 11) is 0. The van der Waals surface area contributed by atoms with Gasteiger partial charge in [0, 0.05) is 23.0 Å². The lowest BCUT2D eigenvalue weighted by Gasteiger charge is -2.48. The van der Waals surface area contributed by atoms with Gasteiger partial charge in [-0.25, -0.2) is 0 Å². The predicted octanol–water partition coefficient (Wildman–Crippen LogP) is 13.0. The van der Waals surface area contributed by atoms with Crippen LogP contribution in [0.1, 0.15) is 101 Å². The first-order chi connectivity index (χ1) is 29.5. The first-order valence-electron chi connectivity index (χ1n) is 21.2. The summed E-state index contributed by atoms with van der Waals surface area (Å²) in [5, 5.41) is 4.65. The van der Waals surface area contributed by atoms with Crippen LogP contribution in [0.4, 0.5) is 0 Å². The maximum absolute atomic E-state index is 4.03. The Morgan fingerprint density at radius 2 is 0.700 bits per heavy atom. The van der Waals surface area contributed by atoms with E-state index in [1.165, 1.54) is 88.7 Å². The molecule has 60 heavy (non-hydrogen) atoms. The van der Waals surface area contributed by atoms with E-state index in [-0.39, 0.29) is 11.8 Å². The van der Waals surface area contributed by atoms with Gasteiger partial charge in [0.15, 0.2) is 0 Å². The van der Waals surface area contributed by atoms with Crippen LogP contribution >= 0.6 is 0 Å². The standard InChI is InChI=1S/C60H38/c1-37-25-27-47-55(33-37)59(51-21-7-3-17-43(51)57(47)44-18-4-8-22-52(44)59)31-29-39-13-11-15-41-35-42-16-12-14-40(50(42)36-49(39)41)30-32-60-53-23-9-5-19-45(53)58(46-20-6-10-24-54(46)60)48-28-26-38(2)34-56(48)60/h3-28,33-36,57-58H,1-2H3. The Bertz CT molecular complexity index is 3170. The number of hydrogen-bond donors (Lipinski definition) is 0. The quantitative estimate of drug-likeness (QED) is 0.107. The normalized spacial score (nSPS) is 20.4. The second-order valence-electron chi connectivity index (χ2n) is 17.3. The molecule has 0 saturated heterocycles. The van der Waals surface area contributed by atoms with E-state index >= 15 is 0 Å². The summed E-state index contributed by atoms with van der Waals surface area (Å²) in [4.78, 5) is 0. The first-order valence-corrected chi connectivity index (χ1v) is 21.2. The van der Waals surface area contributed by atoms with E-state index in [1.807, 2.05) is 0 Å². The van der Waals surface area contributed by atoms with E-state index in [9.17, 15) is 0 Å². The highest BCUT2D eigenvalue weighted by Gasteiger charge is 2.52. The Hall–Kier alpha value is -7.38. The van der Waals surface area contributed by atoms with Crippen molar-refractivity contribution in [1.29, 1.82) is 0 Å². The minimum atomic E-state index is -0.585. The summed E-state index contributed by atoms with van der Waals surface area (Å²) < 4.78 is 0. The van der Waals surface area contributed by atoms with E-state index < -0.39 is 10.8 Å². The predicted molar refractivity (Wildman–Crippen MR) is 245 cm³/mol. The lowest BCUT2D eigenvalue weighted by atomic mass is 9.53. The lowest BCUT2D eigenvalue weighted by Crippen LogP contribution is -2.41. The topological polar surface area (TPSA) is 0 Å². The van der Waals surface area contributed by atoms with Crippen molar-refractivity contribution >= 4 is 21.5 Å². The largest absolute Gasteiger partial charge is 0.107 e. The molecule has 0 nitrogen and oxygen atoms in total. The molecule has 0 unspecified atom stereocenters. The van der Waals surface area contributed by atoms with Crippen molar-refractivity contribution in [2.75, 3.05) is 0 Å². The van der Waals surface area contributed by atoms with Crippen LogP contribution in [0, 0.1) is 37.5 Å². The summed E-state index contributed by atoms with van der Waals surface area (Å²) in [6.07, 6.45) is 0. The molecule has 0 heteroatoms. The van der Waals surface area contributed by atoms with Crippen molar-refractivity contribution in [3.8, 4) is 23.7 Å². The number of hydrogen-bond acceptors (Lipinski definition) is 0. The van der Waals surface area contributed by atoms with Crippen LogP contribution in [-0.4, -0.2) is 0 Å². The molecule has 9 aromatic carbocycles. The molecule has 0 atom stereocenters. The van der Waals surface area contributed by atoms with E-state index in [2.05, 4.69) is 220 Å². The molecule has 0 radical (unpaired) electrons. The fraction of sp³-hybridized carbons (Fsp3) is 0.100. The Morgan fingerprint density at radius 1 is 0.333 bits per heavy atom. The van der Waals surface area contributed by atoms with E-state index in [0.29, 0.717) is 0 Å². The molecule has 0 heterocycles. The molecule has 0 saturated carbocycles. The molecule has 0 aliphatic heterocycles. The molecule has 15 rings (SSSR count). The van der Waals surface area contributed by atoms with Gasteiger partial charge in [-0.2, -0.15) is 0 Å². The highest BCUT2D eigenvalue weighted by atomic mass is 14.5. The van der Waals surface area contributed by atoms with Crippen LogP contribution in [0.15, 0.2) is 182 Å². The van der Waals surface area contributed by atoms with Crippen LogP contribution < -0.4 is 0 Å². The van der Waals surface area contributed by atoms with E-state index in [0.717, 1.165) is 21.9 Å². The van der Waals surface area contributed by atoms with Crippen molar-refractivity contribution in [3.63, 3.8) is 0 Å². The number of fused-ring (bicyclic) bond motifs is 2. The zero-order valence-electron chi connectivity index (χ0n) is 33.5. The molecular formula is C60H38. The summed E-state index contributed by atoms with van der Waals surface area (Å²) in [6.45, 7) is 4.40. The van der Waals surface area contributed by atoms with Gasteiger partial charge in [-0.15, -0.1) is 0 Å². The van der Waals surface area contributed by atoms with Gasteiger partial charge in [-0.3, -0.25) is 0 Å². The fourth-order valence-electron chi connectivity index (χ4n) is 11.7. The summed E-state index contributed by atoms with van der Waals surface area (Å²) in [6, 6.07) is 67.8. The monoisotopic (exact) mass is 758 g/mol. The van der Waals surface area contributed by atoms with Crippen LogP contribution in [0.5, 0.6) is 0 Å². The third-order valence-electron chi connectivity index (χ3n) is 14.2. The van der Waals surface area contributed by atoms with Crippen LogP contribution in [0.2, 0.25) is 0 Å². The smallest absolute Gasteiger partial charge is 0.0764 e. The number of aryl methyl sites for hydroxylation is 2. The number of rotatable bonds is 0. The summed E-state index contributed by atoms with van der Waals surface area (Å²) >= 11 is 0. The van der Waals surface area contributed by atoms with Crippen LogP contribution in [0.25, 0.3) is 21.5 Å². The molecule has 6 aliphatic carbocycles. The molecule has 0 fully saturated rings. The molecule has 0 N–H and O–H groups in total.